The molecule has 1 fully saturated rings. The Hall–Kier alpha value is -2.70. The van der Waals surface area contributed by atoms with Crippen molar-refractivity contribution in [3.63, 3.8) is 0 Å². The molecule has 0 aliphatic carbocycles. The number of likely N-dealkylation sites (tertiary alicyclic amines) is 1. The molecule has 1 N–H and O–H groups in total. The third kappa shape index (κ3) is 3.75. The molecule has 31 heavy (non-hydrogen) atoms. The number of ether oxygens (including phenoxy) is 2. The smallest absolute Gasteiger partial charge is 0.410 e. The first-order valence-electron chi connectivity index (χ1n) is 11.0. The normalized spacial score (nSPS) is 20.6. The van der Waals surface area contributed by atoms with E-state index in [0.29, 0.717) is 19.6 Å². The number of aromatic amines is 1. The van der Waals surface area contributed by atoms with Crippen LogP contribution in [0.25, 0.3) is 10.9 Å². The lowest BCUT2D eigenvalue weighted by molar-refractivity contribution is -0.133. The number of methoxy groups -OCH3 is 1. The van der Waals surface area contributed by atoms with Crippen LogP contribution in [0.3, 0.4) is 0 Å². The number of aromatic nitrogens is 1. The fourth-order valence-electron chi connectivity index (χ4n) is 5.14. The fourth-order valence-corrected chi connectivity index (χ4v) is 5.14. The largest absolute Gasteiger partial charge is 0.497 e. The van der Waals surface area contributed by atoms with Crippen molar-refractivity contribution in [2.24, 2.45) is 0 Å². The van der Waals surface area contributed by atoms with Crippen LogP contribution in [0, 0.1) is 0 Å². The number of amides is 2. The molecule has 168 valence electrons. The second-order valence-corrected chi connectivity index (χ2v) is 9.90. The molecule has 1 spiro atoms. The molecule has 0 unspecified atom stereocenters. The molecule has 1 aromatic heterocycles. The molecule has 4 rings (SSSR count). The van der Waals surface area contributed by atoms with Crippen molar-refractivity contribution >= 4 is 22.9 Å². The third-order valence-corrected chi connectivity index (χ3v) is 6.70. The van der Waals surface area contributed by atoms with E-state index in [4.69, 9.17) is 9.47 Å². The van der Waals surface area contributed by atoms with Gasteiger partial charge in [0.25, 0.3) is 0 Å². The van der Waals surface area contributed by atoms with Crippen LogP contribution in [0.1, 0.15) is 64.8 Å². The summed E-state index contributed by atoms with van der Waals surface area (Å²) < 4.78 is 11.0. The SMILES string of the molecule is COc1ccc2c3c([nH]c2c1)[C@H](C)N(C(C)=O)CC31CCN(C(=O)OC(C)(C)C)CC1. The molecule has 0 bridgehead atoms. The van der Waals surface area contributed by atoms with Crippen LogP contribution < -0.4 is 4.74 Å². The Morgan fingerprint density at radius 3 is 2.45 bits per heavy atom. The standard InChI is InChI=1S/C24H33N3O4/c1-15-21-20(18-8-7-17(30-6)13-19(18)25-21)24(14-27(15)16(2)28)9-11-26(12-10-24)22(29)31-23(3,4)5/h7-8,13,15,25H,9-12,14H2,1-6H3/t15-/m0/s1. The van der Waals surface area contributed by atoms with Crippen LogP contribution in [0.5, 0.6) is 5.75 Å². The van der Waals surface area contributed by atoms with Crippen molar-refractivity contribution in [3.05, 3.63) is 29.5 Å². The van der Waals surface area contributed by atoms with Crippen LogP contribution in [0.4, 0.5) is 4.79 Å². The number of rotatable bonds is 1. The summed E-state index contributed by atoms with van der Waals surface area (Å²) in [4.78, 5) is 32.4. The van der Waals surface area contributed by atoms with Crippen LogP contribution in [0.15, 0.2) is 18.2 Å². The number of hydrogen-bond donors (Lipinski definition) is 1. The Kier molecular flexibility index (Phi) is 5.18. The van der Waals surface area contributed by atoms with E-state index in [2.05, 4.69) is 18.0 Å². The second-order valence-electron chi connectivity index (χ2n) is 9.90. The average Bonchev–Trinajstić information content (AvgIpc) is 3.09. The summed E-state index contributed by atoms with van der Waals surface area (Å²) in [5.41, 5.74) is 2.70. The fraction of sp³-hybridized carbons (Fsp3) is 0.583. The molecule has 3 heterocycles. The lowest BCUT2D eigenvalue weighted by atomic mass is 9.68. The molecule has 7 heteroatoms. The average molecular weight is 428 g/mol. The lowest BCUT2D eigenvalue weighted by Gasteiger charge is -2.49. The first kappa shape index (κ1) is 21.5. The predicted octanol–water partition coefficient (Wildman–Crippen LogP) is 4.37. The van der Waals surface area contributed by atoms with E-state index in [9.17, 15) is 9.59 Å². The first-order chi connectivity index (χ1) is 14.5. The molecule has 1 atom stereocenters. The van der Waals surface area contributed by atoms with Crippen molar-refractivity contribution in [1.82, 2.24) is 14.8 Å². The number of nitrogens with zero attached hydrogens (tertiary/aromatic N) is 2. The van der Waals surface area contributed by atoms with E-state index in [1.807, 2.05) is 37.8 Å². The summed E-state index contributed by atoms with van der Waals surface area (Å²) in [6, 6.07) is 6.09. The third-order valence-electron chi connectivity index (χ3n) is 6.70. The maximum absolute atomic E-state index is 12.6. The lowest BCUT2D eigenvalue weighted by Crippen LogP contribution is -2.55. The van der Waals surface area contributed by atoms with Gasteiger partial charge in [0.1, 0.15) is 11.4 Å². The highest BCUT2D eigenvalue weighted by atomic mass is 16.6. The number of benzene rings is 1. The molecule has 2 aromatic rings. The summed E-state index contributed by atoms with van der Waals surface area (Å²) in [6.45, 7) is 11.3. The van der Waals surface area contributed by atoms with Crippen molar-refractivity contribution in [2.45, 2.75) is 64.5 Å². The summed E-state index contributed by atoms with van der Waals surface area (Å²) >= 11 is 0. The maximum atomic E-state index is 12.6. The predicted molar refractivity (Wildman–Crippen MR) is 119 cm³/mol. The Balaban J connectivity index is 1.72. The maximum Gasteiger partial charge on any atom is 0.410 e. The van der Waals surface area contributed by atoms with Gasteiger partial charge in [-0.3, -0.25) is 4.79 Å². The Morgan fingerprint density at radius 1 is 1.19 bits per heavy atom. The zero-order chi connectivity index (χ0) is 22.6. The molecule has 1 saturated heterocycles. The molecular weight excluding hydrogens is 394 g/mol. The van der Waals surface area contributed by atoms with Gasteiger partial charge in [0.2, 0.25) is 5.91 Å². The summed E-state index contributed by atoms with van der Waals surface area (Å²) in [5, 5.41) is 1.18. The van der Waals surface area contributed by atoms with Gasteiger partial charge >= 0.3 is 6.09 Å². The number of H-pyrrole nitrogens is 1. The molecule has 7 nitrogen and oxygen atoms in total. The van der Waals surface area contributed by atoms with E-state index in [1.165, 1.54) is 10.9 Å². The van der Waals surface area contributed by atoms with Gasteiger partial charge in [-0.1, -0.05) is 0 Å². The number of fused-ring (bicyclic) bond motifs is 4. The van der Waals surface area contributed by atoms with Crippen LogP contribution in [0.2, 0.25) is 0 Å². The molecule has 2 aliphatic heterocycles. The molecule has 1 aromatic carbocycles. The molecule has 2 amide bonds. The minimum Gasteiger partial charge on any atom is -0.497 e. The highest BCUT2D eigenvalue weighted by Gasteiger charge is 2.48. The zero-order valence-electron chi connectivity index (χ0n) is 19.4. The minimum atomic E-state index is -0.513. The topological polar surface area (TPSA) is 74.9 Å². The van der Waals surface area contributed by atoms with Gasteiger partial charge < -0.3 is 24.3 Å². The number of carbonyl (C=O) groups is 2. The molecular formula is C24H33N3O4. The van der Waals surface area contributed by atoms with E-state index in [0.717, 1.165) is 29.8 Å². The Morgan fingerprint density at radius 2 is 1.87 bits per heavy atom. The quantitative estimate of drug-likeness (QED) is 0.733. The van der Waals surface area contributed by atoms with Crippen LogP contribution >= 0.6 is 0 Å². The van der Waals surface area contributed by atoms with Gasteiger partial charge in [-0.05, 0) is 58.2 Å². The van der Waals surface area contributed by atoms with Crippen molar-refractivity contribution in [2.75, 3.05) is 26.7 Å². The summed E-state index contributed by atoms with van der Waals surface area (Å²) in [6.07, 6.45) is 1.31. The van der Waals surface area contributed by atoms with E-state index in [-0.39, 0.29) is 23.5 Å². The zero-order valence-corrected chi connectivity index (χ0v) is 19.4. The van der Waals surface area contributed by atoms with Crippen molar-refractivity contribution in [3.8, 4) is 5.75 Å². The van der Waals surface area contributed by atoms with E-state index in [1.54, 1.807) is 18.9 Å². The van der Waals surface area contributed by atoms with Crippen LogP contribution in [-0.4, -0.2) is 59.1 Å². The van der Waals surface area contributed by atoms with Crippen molar-refractivity contribution < 1.29 is 19.1 Å². The highest BCUT2D eigenvalue weighted by Crippen LogP contribution is 2.49. The van der Waals surface area contributed by atoms with Gasteiger partial charge in [-0.15, -0.1) is 0 Å². The number of piperidine rings is 1. The van der Waals surface area contributed by atoms with E-state index < -0.39 is 5.60 Å². The minimum absolute atomic E-state index is 0.0274. The first-order valence-corrected chi connectivity index (χ1v) is 11.0. The van der Waals surface area contributed by atoms with E-state index >= 15 is 0 Å². The van der Waals surface area contributed by atoms with Crippen LogP contribution in [-0.2, 0) is 14.9 Å². The molecule has 0 saturated carbocycles. The van der Waals surface area contributed by atoms with Gasteiger partial charge in [-0.25, -0.2) is 4.79 Å². The number of carbonyl (C=O) groups excluding carboxylic acids is 2. The summed E-state index contributed by atoms with van der Waals surface area (Å²) in [5.74, 6) is 0.874. The van der Waals surface area contributed by atoms with Gasteiger partial charge in [0.15, 0.2) is 0 Å². The van der Waals surface area contributed by atoms with Crippen molar-refractivity contribution in [1.29, 1.82) is 0 Å². The van der Waals surface area contributed by atoms with Gasteiger partial charge in [0.05, 0.1) is 13.2 Å². The number of nitrogens with one attached hydrogen (secondary N) is 1. The molecule has 2 aliphatic rings. The summed E-state index contributed by atoms with van der Waals surface area (Å²) in [7, 11) is 1.66. The van der Waals surface area contributed by atoms with Gasteiger partial charge in [-0.2, -0.15) is 0 Å². The van der Waals surface area contributed by atoms with Gasteiger partial charge in [0, 0.05) is 54.6 Å². The Bertz CT molecular complexity index is 1010. The second kappa shape index (κ2) is 7.46. The molecule has 0 radical (unpaired) electrons. The highest BCUT2D eigenvalue weighted by molar-refractivity contribution is 5.88. The number of hydrogen-bond acceptors (Lipinski definition) is 4. The monoisotopic (exact) mass is 427 g/mol. The Labute approximate surface area is 183 Å².